The Balaban J connectivity index is 2.18. The van der Waals surface area contributed by atoms with Crippen LogP contribution in [-0.2, 0) is 25.6 Å². The van der Waals surface area contributed by atoms with E-state index in [0.29, 0.717) is 12.8 Å². The third-order valence-corrected chi connectivity index (χ3v) is 4.84. The number of hydrogen-bond donors (Lipinski definition) is 5. The van der Waals surface area contributed by atoms with Crippen LogP contribution in [0.25, 0.3) is 0 Å². The van der Waals surface area contributed by atoms with Crippen LogP contribution in [-0.4, -0.2) is 69.6 Å². The quantitative estimate of drug-likeness (QED) is 0.326. The molecule has 0 saturated carbocycles. The molecule has 2 unspecified atom stereocenters. The Labute approximate surface area is 167 Å². The van der Waals surface area contributed by atoms with E-state index in [0.717, 1.165) is 10.5 Å². The minimum atomic E-state index is -1.68. The van der Waals surface area contributed by atoms with Gasteiger partial charge in [-0.2, -0.15) is 0 Å². The van der Waals surface area contributed by atoms with Crippen molar-refractivity contribution in [2.75, 3.05) is 6.54 Å². The molecule has 4 atom stereocenters. The maximum atomic E-state index is 12.8. The molecule has 0 radical (unpaired) electrons. The van der Waals surface area contributed by atoms with E-state index in [1.54, 1.807) is 30.3 Å². The summed E-state index contributed by atoms with van der Waals surface area (Å²) in [5.74, 6) is -3.42. The summed E-state index contributed by atoms with van der Waals surface area (Å²) in [6.07, 6.45) is -1.16. The van der Waals surface area contributed by atoms with Crippen molar-refractivity contribution >= 4 is 23.7 Å². The van der Waals surface area contributed by atoms with Gasteiger partial charge in [0.2, 0.25) is 11.8 Å². The maximum absolute atomic E-state index is 12.8. The highest BCUT2D eigenvalue weighted by atomic mass is 16.4. The van der Waals surface area contributed by atoms with E-state index in [1.165, 1.54) is 0 Å². The van der Waals surface area contributed by atoms with Crippen molar-refractivity contribution in [2.45, 2.75) is 49.9 Å². The van der Waals surface area contributed by atoms with Gasteiger partial charge in [0.1, 0.15) is 6.04 Å². The fourth-order valence-electron chi connectivity index (χ4n) is 3.34. The molecule has 1 aromatic rings. The van der Waals surface area contributed by atoms with Crippen molar-refractivity contribution < 1.29 is 29.4 Å². The van der Waals surface area contributed by atoms with E-state index in [2.05, 4.69) is 5.32 Å². The molecule has 3 amide bonds. The summed E-state index contributed by atoms with van der Waals surface area (Å²) in [6.45, 7) is 0.208. The highest BCUT2D eigenvalue weighted by molar-refractivity contribution is 5.90. The molecule has 1 aromatic carbocycles. The maximum Gasteiger partial charge on any atom is 0.326 e. The second-order valence-corrected chi connectivity index (χ2v) is 7.05. The molecule has 2 rings (SSSR count). The topological polar surface area (TPSA) is 176 Å². The average Bonchev–Trinajstić information content (AvgIpc) is 3.16. The minimum Gasteiger partial charge on any atom is -0.480 e. The molecule has 0 bridgehead atoms. The van der Waals surface area contributed by atoms with Crippen LogP contribution in [0.15, 0.2) is 30.3 Å². The molecule has 1 saturated heterocycles. The van der Waals surface area contributed by atoms with Crippen LogP contribution < -0.4 is 16.8 Å². The van der Waals surface area contributed by atoms with Gasteiger partial charge in [-0.15, -0.1) is 0 Å². The first kappa shape index (κ1) is 22.3. The van der Waals surface area contributed by atoms with E-state index in [9.17, 15) is 29.4 Å². The lowest BCUT2D eigenvalue weighted by Gasteiger charge is -2.30. The van der Waals surface area contributed by atoms with Crippen molar-refractivity contribution in [3.8, 4) is 0 Å². The number of carbonyl (C=O) groups excluding carboxylic acids is 3. The van der Waals surface area contributed by atoms with Gasteiger partial charge < -0.3 is 31.9 Å². The number of likely N-dealkylation sites (tertiary alicyclic amines) is 1. The largest absolute Gasteiger partial charge is 0.480 e. The summed E-state index contributed by atoms with van der Waals surface area (Å²) in [7, 11) is 0. The third kappa shape index (κ3) is 6.00. The van der Waals surface area contributed by atoms with Gasteiger partial charge in [0.15, 0.2) is 6.10 Å². The summed E-state index contributed by atoms with van der Waals surface area (Å²) in [6, 6.07) is 5.54. The molecule has 0 spiro atoms. The summed E-state index contributed by atoms with van der Waals surface area (Å²) < 4.78 is 0. The van der Waals surface area contributed by atoms with Gasteiger partial charge in [-0.05, 0) is 24.8 Å². The monoisotopic (exact) mass is 406 g/mol. The molecule has 1 aliphatic heterocycles. The highest BCUT2D eigenvalue weighted by Crippen LogP contribution is 2.20. The van der Waals surface area contributed by atoms with Crippen LogP contribution in [0.1, 0.15) is 24.8 Å². The number of primary amides is 1. The van der Waals surface area contributed by atoms with Gasteiger partial charge in [0, 0.05) is 6.54 Å². The summed E-state index contributed by atoms with van der Waals surface area (Å²) in [4.78, 5) is 48.6. The molecule has 1 aliphatic rings. The number of carboxylic acid groups (broad SMARTS) is 1. The van der Waals surface area contributed by atoms with Gasteiger partial charge in [-0.3, -0.25) is 14.4 Å². The average molecular weight is 406 g/mol. The summed E-state index contributed by atoms with van der Waals surface area (Å²) >= 11 is 0. The second kappa shape index (κ2) is 9.99. The molecule has 0 aromatic heterocycles. The number of nitrogens with two attached hydrogens (primary N) is 2. The molecule has 10 heteroatoms. The highest BCUT2D eigenvalue weighted by Gasteiger charge is 2.39. The molecular weight excluding hydrogens is 380 g/mol. The van der Waals surface area contributed by atoms with Crippen LogP contribution in [0.2, 0.25) is 0 Å². The van der Waals surface area contributed by atoms with Gasteiger partial charge in [-0.25, -0.2) is 4.79 Å². The van der Waals surface area contributed by atoms with E-state index < -0.39 is 47.9 Å². The van der Waals surface area contributed by atoms with Crippen molar-refractivity contribution in [3.05, 3.63) is 35.9 Å². The Morgan fingerprint density at radius 1 is 1.21 bits per heavy atom. The molecule has 0 aliphatic carbocycles. The first-order valence-corrected chi connectivity index (χ1v) is 9.30. The van der Waals surface area contributed by atoms with Crippen LogP contribution in [0.4, 0.5) is 0 Å². The molecular formula is C19H26N4O6. The number of carbonyl (C=O) groups is 4. The third-order valence-electron chi connectivity index (χ3n) is 4.84. The fourth-order valence-corrected chi connectivity index (χ4v) is 3.34. The Morgan fingerprint density at radius 2 is 1.86 bits per heavy atom. The number of benzene rings is 1. The van der Waals surface area contributed by atoms with Gasteiger partial charge in [0.25, 0.3) is 5.91 Å². The van der Waals surface area contributed by atoms with E-state index in [-0.39, 0.29) is 19.4 Å². The van der Waals surface area contributed by atoms with E-state index >= 15 is 0 Å². The number of amides is 3. The molecule has 29 heavy (non-hydrogen) atoms. The molecule has 10 nitrogen and oxygen atoms in total. The zero-order valence-electron chi connectivity index (χ0n) is 15.9. The SMILES string of the molecule is NC(=O)C[C@H](N)C(=O)NC(Cc1ccccc1)C(O)C(=O)N1CCC[C@H]1C(=O)O. The molecule has 1 heterocycles. The summed E-state index contributed by atoms with van der Waals surface area (Å²) in [5.41, 5.74) is 11.4. The fraction of sp³-hybridized carbons (Fsp3) is 0.474. The number of rotatable bonds is 9. The Kier molecular flexibility index (Phi) is 7.68. The van der Waals surface area contributed by atoms with Crippen molar-refractivity contribution in [3.63, 3.8) is 0 Å². The first-order valence-electron chi connectivity index (χ1n) is 9.30. The number of hydrogen-bond acceptors (Lipinski definition) is 6. The number of nitrogens with zero attached hydrogens (tertiary/aromatic N) is 1. The summed E-state index contributed by atoms with van der Waals surface area (Å²) in [5, 5.41) is 22.5. The van der Waals surface area contributed by atoms with Gasteiger partial charge in [-0.1, -0.05) is 30.3 Å². The van der Waals surface area contributed by atoms with Crippen LogP contribution in [0.3, 0.4) is 0 Å². The predicted octanol–water partition coefficient (Wildman–Crippen LogP) is -1.65. The zero-order chi connectivity index (χ0) is 21.6. The van der Waals surface area contributed by atoms with Crippen LogP contribution in [0, 0.1) is 0 Å². The van der Waals surface area contributed by atoms with E-state index in [4.69, 9.17) is 11.5 Å². The van der Waals surface area contributed by atoms with E-state index in [1.807, 2.05) is 0 Å². The minimum absolute atomic E-state index is 0.106. The molecule has 158 valence electrons. The number of nitrogens with one attached hydrogen (secondary N) is 1. The van der Waals surface area contributed by atoms with Crippen molar-refractivity contribution in [2.24, 2.45) is 11.5 Å². The van der Waals surface area contributed by atoms with Crippen LogP contribution in [0.5, 0.6) is 0 Å². The number of aliphatic hydroxyl groups excluding tert-OH is 1. The smallest absolute Gasteiger partial charge is 0.326 e. The Morgan fingerprint density at radius 3 is 2.45 bits per heavy atom. The molecule has 7 N–H and O–H groups in total. The normalized spacial score (nSPS) is 19.2. The Hall–Kier alpha value is -2.98. The number of carboxylic acids is 1. The predicted molar refractivity (Wildman–Crippen MR) is 102 cm³/mol. The van der Waals surface area contributed by atoms with Crippen molar-refractivity contribution in [1.82, 2.24) is 10.2 Å². The van der Waals surface area contributed by atoms with Crippen molar-refractivity contribution in [1.29, 1.82) is 0 Å². The first-order chi connectivity index (χ1) is 13.7. The second-order valence-electron chi connectivity index (χ2n) is 7.05. The lowest BCUT2D eigenvalue weighted by Crippen LogP contribution is -2.57. The van der Waals surface area contributed by atoms with Crippen LogP contribution >= 0.6 is 0 Å². The molecule has 1 fully saturated rings. The lowest BCUT2D eigenvalue weighted by atomic mass is 9.99. The van der Waals surface area contributed by atoms with Gasteiger partial charge in [0.05, 0.1) is 18.5 Å². The lowest BCUT2D eigenvalue weighted by molar-refractivity contribution is -0.153. The number of aliphatic hydroxyl groups is 1. The standard InChI is InChI=1S/C19H26N4O6/c20-12(10-15(21)24)17(26)22-13(9-11-5-2-1-3-6-11)16(25)18(27)23-8-4-7-14(23)19(28)29/h1-3,5-6,12-14,16,25H,4,7-10,20H2,(H2,21,24)(H,22,26)(H,28,29)/t12-,13?,14-,16?/m0/s1. The van der Waals surface area contributed by atoms with Gasteiger partial charge >= 0.3 is 5.97 Å². The Bertz CT molecular complexity index is 756. The zero-order valence-corrected chi connectivity index (χ0v) is 15.9. The number of aliphatic carboxylic acids is 1.